The van der Waals surface area contributed by atoms with E-state index in [4.69, 9.17) is 5.11 Å². The van der Waals surface area contributed by atoms with Crippen LogP contribution in [0.3, 0.4) is 0 Å². The molecule has 0 radical (unpaired) electrons. The molecule has 1 aliphatic heterocycles. The first kappa shape index (κ1) is 15.1. The maximum atomic E-state index is 13.2. The predicted octanol–water partition coefficient (Wildman–Crippen LogP) is 2.06. The molecule has 1 heterocycles. The third kappa shape index (κ3) is 2.91. The minimum atomic E-state index is -1.18. The van der Waals surface area contributed by atoms with E-state index in [1.165, 1.54) is 0 Å². The van der Waals surface area contributed by atoms with Crippen molar-refractivity contribution in [3.8, 4) is 0 Å². The van der Waals surface area contributed by atoms with Crippen LogP contribution in [0.5, 0.6) is 0 Å². The van der Waals surface area contributed by atoms with E-state index in [0.29, 0.717) is 18.6 Å². The zero-order chi connectivity index (χ0) is 15.7. The van der Waals surface area contributed by atoms with Gasteiger partial charge in [-0.15, -0.1) is 0 Å². The topological polar surface area (TPSA) is 74.7 Å². The SMILES string of the molecule is CC(CCC(=O)O)CN1C(=O)c2cc(F)c(F)cc2C1=O. The molecule has 1 unspecified atom stereocenters. The van der Waals surface area contributed by atoms with Crippen molar-refractivity contribution in [1.82, 2.24) is 4.90 Å². The van der Waals surface area contributed by atoms with Gasteiger partial charge in [-0.2, -0.15) is 0 Å². The predicted molar refractivity (Wildman–Crippen MR) is 67.8 cm³/mol. The number of rotatable bonds is 5. The van der Waals surface area contributed by atoms with E-state index >= 15 is 0 Å². The molecule has 0 spiro atoms. The first-order valence-electron chi connectivity index (χ1n) is 6.38. The van der Waals surface area contributed by atoms with Gasteiger partial charge in [-0.3, -0.25) is 19.3 Å². The van der Waals surface area contributed by atoms with Gasteiger partial charge in [-0.25, -0.2) is 8.78 Å². The van der Waals surface area contributed by atoms with E-state index in [0.717, 1.165) is 4.90 Å². The third-order valence-corrected chi connectivity index (χ3v) is 3.36. The fourth-order valence-electron chi connectivity index (χ4n) is 2.22. The molecule has 21 heavy (non-hydrogen) atoms. The summed E-state index contributed by atoms with van der Waals surface area (Å²) in [5.41, 5.74) is -0.325. The van der Waals surface area contributed by atoms with E-state index in [1.807, 2.05) is 0 Å². The Bertz CT molecular complexity index is 589. The summed E-state index contributed by atoms with van der Waals surface area (Å²) in [6, 6.07) is 1.43. The third-order valence-electron chi connectivity index (χ3n) is 3.36. The number of benzene rings is 1. The molecule has 7 heteroatoms. The van der Waals surface area contributed by atoms with Gasteiger partial charge < -0.3 is 5.11 Å². The van der Waals surface area contributed by atoms with Crippen LogP contribution in [0, 0.1) is 17.6 Å². The van der Waals surface area contributed by atoms with Gasteiger partial charge in [0.2, 0.25) is 0 Å². The van der Waals surface area contributed by atoms with Crippen molar-refractivity contribution in [3.63, 3.8) is 0 Å². The monoisotopic (exact) mass is 297 g/mol. The Hall–Kier alpha value is -2.31. The molecule has 2 amide bonds. The Morgan fingerprint density at radius 2 is 1.67 bits per heavy atom. The molecule has 112 valence electrons. The fourth-order valence-corrected chi connectivity index (χ4v) is 2.22. The molecule has 1 N–H and O–H groups in total. The second-order valence-electron chi connectivity index (χ2n) is 5.07. The van der Waals surface area contributed by atoms with Crippen LogP contribution in [0.1, 0.15) is 40.5 Å². The lowest BCUT2D eigenvalue weighted by atomic mass is 10.1. The van der Waals surface area contributed by atoms with Gasteiger partial charge in [0.05, 0.1) is 11.1 Å². The smallest absolute Gasteiger partial charge is 0.303 e. The molecule has 0 fully saturated rings. The number of fused-ring (bicyclic) bond motifs is 1. The molecule has 2 rings (SSSR count). The van der Waals surface area contributed by atoms with Crippen LogP contribution in [0.15, 0.2) is 12.1 Å². The Balaban J connectivity index is 2.16. The molecule has 0 saturated heterocycles. The highest BCUT2D eigenvalue weighted by molar-refractivity contribution is 6.21. The number of aliphatic carboxylic acids is 1. The second kappa shape index (κ2) is 5.59. The molecule has 0 bridgehead atoms. The number of hydrogen-bond acceptors (Lipinski definition) is 3. The zero-order valence-corrected chi connectivity index (χ0v) is 11.2. The summed E-state index contributed by atoms with van der Waals surface area (Å²) in [5, 5.41) is 8.60. The first-order chi connectivity index (χ1) is 9.81. The Labute approximate surface area is 119 Å². The van der Waals surface area contributed by atoms with Gasteiger partial charge in [0.15, 0.2) is 11.6 Å². The average Bonchev–Trinajstić information content (AvgIpc) is 2.63. The van der Waals surface area contributed by atoms with E-state index in [2.05, 4.69) is 0 Å². The van der Waals surface area contributed by atoms with Gasteiger partial charge in [-0.1, -0.05) is 6.92 Å². The number of imide groups is 1. The van der Waals surface area contributed by atoms with Gasteiger partial charge in [0.1, 0.15) is 0 Å². The minimum absolute atomic E-state index is 0.0167. The van der Waals surface area contributed by atoms with Crippen LogP contribution in [0.4, 0.5) is 8.78 Å². The summed E-state index contributed by atoms with van der Waals surface area (Å²) in [6.45, 7) is 1.72. The average molecular weight is 297 g/mol. The number of amides is 2. The Morgan fingerprint density at radius 1 is 1.19 bits per heavy atom. The molecule has 0 aliphatic carbocycles. The van der Waals surface area contributed by atoms with E-state index in [-0.39, 0.29) is 30.0 Å². The lowest BCUT2D eigenvalue weighted by Gasteiger charge is -2.18. The zero-order valence-electron chi connectivity index (χ0n) is 11.2. The van der Waals surface area contributed by atoms with Gasteiger partial charge in [0, 0.05) is 13.0 Å². The van der Waals surface area contributed by atoms with E-state index < -0.39 is 29.4 Å². The number of carbonyl (C=O) groups excluding carboxylic acids is 2. The molecule has 0 saturated carbocycles. The van der Waals surface area contributed by atoms with Crippen LogP contribution in [0.25, 0.3) is 0 Å². The van der Waals surface area contributed by atoms with E-state index in [1.54, 1.807) is 6.92 Å². The van der Waals surface area contributed by atoms with Crippen molar-refractivity contribution in [2.24, 2.45) is 5.92 Å². The standard InChI is InChI=1S/C14H13F2NO4/c1-7(2-3-12(18)19)6-17-13(20)8-4-10(15)11(16)5-9(8)14(17)21/h4-5,7H,2-3,6H2,1H3,(H,18,19). The normalized spacial score (nSPS) is 15.3. The molecule has 0 aromatic heterocycles. The number of hydrogen-bond donors (Lipinski definition) is 1. The maximum Gasteiger partial charge on any atom is 0.303 e. The maximum absolute atomic E-state index is 13.2. The molecule has 1 aromatic carbocycles. The highest BCUT2D eigenvalue weighted by Gasteiger charge is 2.37. The van der Waals surface area contributed by atoms with Gasteiger partial charge in [0.25, 0.3) is 11.8 Å². The van der Waals surface area contributed by atoms with E-state index in [9.17, 15) is 23.2 Å². The lowest BCUT2D eigenvalue weighted by Crippen LogP contribution is -2.34. The van der Waals surface area contributed by atoms with Gasteiger partial charge in [-0.05, 0) is 24.5 Å². The lowest BCUT2D eigenvalue weighted by molar-refractivity contribution is -0.137. The molecular formula is C14H13F2NO4. The van der Waals surface area contributed by atoms with Crippen LogP contribution < -0.4 is 0 Å². The van der Waals surface area contributed by atoms with Crippen molar-refractivity contribution in [2.45, 2.75) is 19.8 Å². The van der Waals surface area contributed by atoms with Crippen molar-refractivity contribution < 1.29 is 28.3 Å². The van der Waals surface area contributed by atoms with Crippen LogP contribution in [-0.4, -0.2) is 34.3 Å². The summed E-state index contributed by atoms with van der Waals surface area (Å²) in [4.78, 5) is 35.5. The van der Waals surface area contributed by atoms with Crippen molar-refractivity contribution in [3.05, 3.63) is 34.9 Å². The van der Waals surface area contributed by atoms with Crippen molar-refractivity contribution >= 4 is 17.8 Å². The number of carbonyl (C=O) groups is 3. The summed E-state index contributed by atoms with van der Waals surface area (Å²) >= 11 is 0. The number of carboxylic acid groups (broad SMARTS) is 1. The fraction of sp³-hybridized carbons (Fsp3) is 0.357. The van der Waals surface area contributed by atoms with Crippen LogP contribution >= 0.6 is 0 Å². The number of carboxylic acids is 1. The van der Waals surface area contributed by atoms with Gasteiger partial charge >= 0.3 is 5.97 Å². The molecule has 1 aliphatic rings. The highest BCUT2D eigenvalue weighted by Crippen LogP contribution is 2.26. The largest absolute Gasteiger partial charge is 0.481 e. The second-order valence-corrected chi connectivity index (χ2v) is 5.07. The van der Waals surface area contributed by atoms with Crippen molar-refractivity contribution in [2.75, 3.05) is 6.54 Å². The molecule has 1 aromatic rings. The van der Waals surface area contributed by atoms with Crippen molar-refractivity contribution in [1.29, 1.82) is 0 Å². The molecular weight excluding hydrogens is 284 g/mol. The van der Waals surface area contributed by atoms with Crippen LogP contribution in [-0.2, 0) is 4.79 Å². The summed E-state index contributed by atoms with van der Waals surface area (Å²) in [6.07, 6.45) is 0.221. The van der Waals surface area contributed by atoms with Crippen LogP contribution in [0.2, 0.25) is 0 Å². The number of nitrogens with zero attached hydrogens (tertiary/aromatic N) is 1. The summed E-state index contributed by atoms with van der Waals surface area (Å²) in [5.74, 6) is -4.93. The quantitative estimate of drug-likeness (QED) is 0.844. The minimum Gasteiger partial charge on any atom is -0.481 e. The number of halogens is 2. The molecule has 1 atom stereocenters. The highest BCUT2D eigenvalue weighted by atomic mass is 19.2. The summed E-state index contributed by atoms with van der Waals surface area (Å²) < 4.78 is 26.3. The summed E-state index contributed by atoms with van der Waals surface area (Å²) in [7, 11) is 0. The first-order valence-corrected chi connectivity index (χ1v) is 6.38. The Morgan fingerprint density at radius 3 is 2.10 bits per heavy atom. The Kier molecular flexibility index (Phi) is 4.02. The molecule has 5 nitrogen and oxygen atoms in total.